The van der Waals surface area contributed by atoms with E-state index in [-0.39, 0.29) is 18.5 Å². The van der Waals surface area contributed by atoms with Gasteiger partial charge in [-0.15, -0.1) is 0 Å². The molecule has 1 aliphatic carbocycles. The molecule has 124 valence electrons. The number of urea groups is 1. The van der Waals surface area contributed by atoms with Crippen LogP contribution in [0.2, 0.25) is 0 Å². The standard InChI is InChI=1S/C18H19N3O3/c22-17(19-13-5-2-1-3-6-13)12-24-16-8-4-7-15(11-16)21-18(23)20-14-9-10-14/h1-8,11,14H,9-10,12H2,(H,19,22)(H2,20,21,23). The lowest BCUT2D eigenvalue weighted by atomic mass is 10.3. The minimum Gasteiger partial charge on any atom is -0.484 e. The molecule has 1 aliphatic rings. The summed E-state index contributed by atoms with van der Waals surface area (Å²) in [4.78, 5) is 23.6. The van der Waals surface area contributed by atoms with Crippen LogP contribution in [0.25, 0.3) is 0 Å². The quantitative estimate of drug-likeness (QED) is 0.764. The van der Waals surface area contributed by atoms with Crippen molar-refractivity contribution in [2.24, 2.45) is 0 Å². The van der Waals surface area contributed by atoms with Gasteiger partial charge in [-0.3, -0.25) is 4.79 Å². The summed E-state index contributed by atoms with van der Waals surface area (Å²) in [6, 6.07) is 16.2. The van der Waals surface area contributed by atoms with Crippen LogP contribution in [-0.4, -0.2) is 24.6 Å². The number of carbonyl (C=O) groups excluding carboxylic acids is 2. The zero-order chi connectivity index (χ0) is 16.8. The summed E-state index contributed by atoms with van der Waals surface area (Å²) in [6.45, 7) is -0.105. The first kappa shape index (κ1) is 15.9. The first-order chi connectivity index (χ1) is 11.7. The summed E-state index contributed by atoms with van der Waals surface area (Å²) < 4.78 is 5.47. The number of hydrogen-bond donors (Lipinski definition) is 3. The van der Waals surface area contributed by atoms with Gasteiger partial charge in [0.25, 0.3) is 5.91 Å². The lowest BCUT2D eigenvalue weighted by Gasteiger charge is -2.10. The Kier molecular flexibility index (Phi) is 4.96. The highest BCUT2D eigenvalue weighted by Crippen LogP contribution is 2.20. The topological polar surface area (TPSA) is 79.5 Å². The first-order valence-corrected chi connectivity index (χ1v) is 7.84. The largest absolute Gasteiger partial charge is 0.484 e. The van der Waals surface area contributed by atoms with Crippen LogP contribution in [-0.2, 0) is 4.79 Å². The first-order valence-electron chi connectivity index (χ1n) is 7.84. The molecule has 0 atom stereocenters. The lowest BCUT2D eigenvalue weighted by molar-refractivity contribution is -0.118. The highest BCUT2D eigenvalue weighted by Gasteiger charge is 2.23. The number of benzene rings is 2. The molecule has 0 bridgehead atoms. The van der Waals surface area contributed by atoms with E-state index in [1.54, 1.807) is 36.4 Å². The molecule has 2 aromatic rings. The third-order valence-corrected chi connectivity index (χ3v) is 3.43. The highest BCUT2D eigenvalue weighted by molar-refractivity contribution is 5.92. The molecule has 3 N–H and O–H groups in total. The Morgan fingerprint density at radius 1 is 0.958 bits per heavy atom. The molecule has 1 saturated carbocycles. The monoisotopic (exact) mass is 325 g/mol. The zero-order valence-corrected chi connectivity index (χ0v) is 13.1. The van der Waals surface area contributed by atoms with Crippen LogP contribution < -0.4 is 20.7 Å². The van der Waals surface area contributed by atoms with E-state index in [9.17, 15) is 9.59 Å². The lowest BCUT2D eigenvalue weighted by Crippen LogP contribution is -2.30. The number of hydrogen-bond acceptors (Lipinski definition) is 3. The Labute approximate surface area is 140 Å². The van der Waals surface area contributed by atoms with Gasteiger partial charge in [-0.1, -0.05) is 24.3 Å². The third kappa shape index (κ3) is 5.01. The maximum atomic E-state index is 11.9. The summed E-state index contributed by atoms with van der Waals surface area (Å²) in [6.07, 6.45) is 2.07. The van der Waals surface area contributed by atoms with Crippen molar-refractivity contribution in [1.29, 1.82) is 0 Å². The SMILES string of the molecule is O=C(COc1cccc(NC(=O)NC2CC2)c1)Nc1ccccc1. The van der Waals surface area contributed by atoms with Crippen molar-refractivity contribution in [3.63, 3.8) is 0 Å². The van der Waals surface area contributed by atoms with Crippen LogP contribution in [0.15, 0.2) is 54.6 Å². The molecule has 0 aromatic heterocycles. The van der Waals surface area contributed by atoms with Gasteiger partial charge in [0, 0.05) is 23.5 Å². The number of amides is 3. The second kappa shape index (κ2) is 7.50. The van der Waals surface area contributed by atoms with Crippen LogP contribution in [0, 0.1) is 0 Å². The Morgan fingerprint density at radius 3 is 2.46 bits per heavy atom. The van der Waals surface area contributed by atoms with Crippen molar-refractivity contribution in [3.05, 3.63) is 54.6 Å². The Balaban J connectivity index is 1.48. The van der Waals surface area contributed by atoms with E-state index in [0.29, 0.717) is 17.5 Å². The van der Waals surface area contributed by atoms with Crippen molar-refractivity contribution >= 4 is 23.3 Å². The molecule has 0 aliphatic heterocycles. The molecule has 3 rings (SSSR count). The molecule has 0 radical (unpaired) electrons. The molecule has 6 nitrogen and oxygen atoms in total. The van der Waals surface area contributed by atoms with Gasteiger partial charge in [0.1, 0.15) is 5.75 Å². The molecule has 6 heteroatoms. The Morgan fingerprint density at radius 2 is 1.71 bits per heavy atom. The van der Waals surface area contributed by atoms with Gasteiger partial charge in [0.15, 0.2) is 6.61 Å². The van der Waals surface area contributed by atoms with Crippen molar-refractivity contribution < 1.29 is 14.3 Å². The van der Waals surface area contributed by atoms with Crippen LogP contribution in [0.3, 0.4) is 0 Å². The maximum Gasteiger partial charge on any atom is 0.319 e. The van der Waals surface area contributed by atoms with Crippen molar-refractivity contribution in [1.82, 2.24) is 5.32 Å². The summed E-state index contributed by atoms with van der Waals surface area (Å²) >= 11 is 0. The van der Waals surface area contributed by atoms with Crippen molar-refractivity contribution in [3.8, 4) is 5.75 Å². The van der Waals surface area contributed by atoms with E-state index in [1.807, 2.05) is 18.2 Å². The summed E-state index contributed by atoms with van der Waals surface area (Å²) in [5, 5.41) is 8.34. The fraction of sp³-hybridized carbons (Fsp3) is 0.222. The molecule has 0 saturated heterocycles. The van der Waals surface area contributed by atoms with E-state index in [1.165, 1.54) is 0 Å². The number of rotatable bonds is 6. The molecule has 1 fully saturated rings. The Bertz CT molecular complexity index is 714. The van der Waals surface area contributed by atoms with E-state index in [2.05, 4.69) is 16.0 Å². The molecular weight excluding hydrogens is 306 g/mol. The van der Waals surface area contributed by atoms with E-state index in [0.717, 1.165) is 18.5 Å². The van der Waals surface area contributed by atoms with Gasteiger partial charge in [-0.2, -0.15) is 0 Å². The number of anilines is 2. The average Bonchev–Trinajstić information content (AvgIpc) is 3.38. The minimum atomic E-state index is -0.244. The fourth-order valence-electron chi connectivity index (χ4n) is 2.11. The van der Waals surface area contributed by atoms with Crippen molar-refractivity contribution in [2.75, 3.05) is 17.2 Å². The average molecular weight is 325 g/mol. The summed E-state index contributed by atoms with van der Waals surface area (Å²) in [5.41, 5.74) is 1.34. The predicted molar refractivity (Wildman–Crippen MR) is 92.2 cm³/mol. The Hall–Kier alpha value is -3.02. The highest BCUT2D eigenvalue weighted by atomic mass is 16.5. The summed E-state index contributed by atoms with van der Waals surface area (Å²) in [5.74, 6) is 0.272. The van der Waals surface area contributed by atoms with Crippen LogP contribution in [0.5, 0.6) is 5.75 Å². The fourth-order valence-corrected chi connectivity index (χ4v) is 2.11. The van der Waals surface area contributed by atoms with Gasteiger partial charge in [-0.05, 0) is 37.1 Å². The van der Waals surface area contributed by atoms with Crippen LogP contribution >= 0.6 is 0 Å². The molecule has 2 aromatic carbocycles. The van der Waals surface area contributed by atoms with Gasteiger partial charge >= 0.3 is 6.03 Å². The second-order valence-electron chi connectivity index (χ2n) is 5.60. The number of para-hydroxylation sites is 1. The van der Waals surface area contributed by atoms with Crippen molar-refractivity contribution in [2.45, 2.75) is 18.9 Å². The van der Waals surface area contributed by atoms with Crippen LogP contribution in [0.4, 0.5) is 16.2 Å². The smallest absolute Gasteiger partial charge is 0.319 e. The molecular formula is C18H19N3O3. The van der Waals surface area contributed by atoms with E-state index >= 15 is 0 Å². The summed E-state index contributed by atoms with van der Waals surface area (Å²) in [7, 11) is 0. The molecule has 3 amide bonds. The van der Waals surface area contributed by atoms with Gasteiger partial charge in [0.2, 0.25) is 0 Å². The number of carbonyl (C=O) groups is 2. The number of ether oxygens (including phenoxy) is 1. The number of nitrogens with one attached hydrogen (secondary N) is 3. The normalized spacial score (nSPS) is 13.0. The zero-order valence-electron chi connectivity index (χ0n) is 13.1. The van der Waals surface area contributed by atoms with Gasteiger partial charge in [0.05, 0.1) is 0 Å². The minimum absolute atomic E-state index is 0.105. The second-order valence-corrected chi connectivity index (χ2v) is 5.60. The van der Waals surface area contributed by atoms with Gasteiger partial charge < -0.3 is 20.7 Å². The molecule has 0 heterocycles. The van der Waals surface area contributed by atoms with E-state index in [4.69, 9.17) is 4.74 Å². The maximum absolute atomic E-state index is 11.9. The third-order valence-electron chi connectivity index (χ3n) is 3.43. The van der Waals surface area contributed by atoms with Crippen LogP contribution in [0.1, 0.15) is 12.8 Å². The predicted octanol–water partition coefficient (Wildman–Crippen LogP) is 2.99. The molecule has 24 heavy (non-hydrogen) atoms. The van der Waals surface area contributed by atoms with E-state index < -0.39 is 0 Å². The molecule has 0 unspecified atom stereocenters. The van der Waals surface area contributed by atoms with Gasteiger partial charge in [-0.25, -0.2) is 4.79 Å². The molecule has 0 spiro atoms.